The predicted octanol–water partition coefficient (Wildman–Crippen LogP) is 0.704. The minimum absolute atomic E-state index is 0. The summed E-state index contributed by atoms with van der Waals surface area (Å²) in [4.78, 5) is 29.7. The number of aromatic nitrogens is 3. The van der Waals surface area contributed by atoms with Crippen LogP contribution in [0.25, 0.3) is 22.8 Å². The molecular weight excluding hydrogens is 497 g/mol. The molecule has 0 fully saturated rings. The molecule has 3 rings (SSSR count). The molecule has 0 radical (unpaired) electrons. The van der Waals surface area contributed by atoms with Crippen LogP contribution in [-0.4, -0.2) is 30.6 Å². The Morgan fingerprint density at radius 3 is 1.17 bits per heavy atom. The average Bonchev–Trinajstić information content (AvgIpc) is 2.62. The predicted molar refractivity (Wildman–Crippen MR) is 103 cm³/mol. The van der Waals surface area contributed by atoms with Gasteiger partial charge in [0.1, 0.15) is 0 Å². The normalized spacial score (nSPS) is 7.73. The van der Waals surface area contributed by atoms with Gasteiger partial charge in [0.15, 0.2) is 0 Å². The molecule has 0 aliphatic heterocycles. The zero-order chi connectivity index (χ0) is 19.4. The molecule has 3 aromatic heterocycles. The second-order valence-electron chi connectivity index (χ2n) is 4.29. The second-order valence-corrected chi connectivity index (χ2v) is 4.29. The van der Waals surface area contributed by atoms with Crippen LogP contribution in [0.2, 0.25) is 0 Å². The van der Waals surface area contributed by atoms with E-state index in [2.05, 4.69) is 15.0 Å². The molecule has 164 valence electrons. The Hall–Kier alpha value is -3.65. The van der Waals surface area contributed by atoms with Gasteiger partial charge in [-0.15, -0.1) is 0 Å². The first-order chi connectivity index (χ1) is 12.4. The van der Waals surface area contributed by atoms with Gasteiger partial charge in [-0.2, -0.15) is 0 Å². The molecule has 0 saturated carbocycles. The molecule has 14 nitrogen and oxygen atoms in total. The number of pyridine rings is 3. The molecule has 3 heterocycles. The van der Waals surface area contributed by atoms with Crippen LogP contribution in [0, 0.1) is 30.6 Å². The summed E-state index contributed by atoms with van der Waals surface area (Å²) in [7, 11) is 0. The Bertz CT molecular complexity index is 769. The number of hydrogen-bond donors (Lipinski definition) is 0. The van der Waals surface area contributed by atoms with Gasteiger partial charge in [-0.1, -0.05) is 18.2 Å². The fourth-order valence-corrected chi connectivity index (χ4v) is 1.75. The van der Waals surface area contributed by atoms with Crippen LogP contribution in [0.1, 0.15) is 0 Å². The molecule has 0 aromatic carbocycles. The molecule has 0 amide bonds. The molecule has 0 saturated heterocycles. The van der Waals surface area contributed by atoms with Crippen LogP contribution in [0.5, 0.6) is 0 Å². The summed E-state index contributed by atoms with van der Waals surface area (Å²) in [6.45, 7) is 0. The van der Waals surface area contributed by atoms with E-state index in [1.54, 1.807) is 12.4 Å². The summed E-state index contributed by atoms with van der Waals surface area (Å²) < 4.78 is 0. The van der Waals surface area contributed by atoms with Crippen molar-refractivity contribution < 1.29 is 46.1 Å². The molecule has 0 unspecified atom stereocenters. The molecular formula is C15H18N5O9Rh+2. The quantitative estimate of drug-likeness (QED) is 0.199. The number of hydrogen-bond acceptors (Lipinski definition) is 10. The summed E-state index contributed by atoms with van der Waals surface area (Å²) >= 11 is 0. The smallest absolute Gasteiger partial charge is 0.870 e. The molecule has 7 N–H and O–H groups in total. The van der Waals surface area contributed by atoms with Crippen molar-refractivity contribution in [3.63, 3.8) is 0 Å². The minimum Gasteiger partial charge on any atom is -0.870 e. The average molecular weight is 515 g/mol. The first-order valence-electron chi connectivity index (χ1n) is 6.83. The molecule has 0 atom stereocenters. The van der Waals surface area contributed by atoms with Crippen molar-refractivity contribution in [3.8, 4) is 22.8 Å². The van der Waals surface area contributed by atoms with Gasteiger partial charge < -0.3 is 47.1 Å². The summed E-state index contributed by atoms with van der Waals surface area (Å²) in [5.41, 5.74) is 3.46. The molecule has 3 aromatic rings. The van der Waals surface area contributed by atoms with E-state index in [0.29, 0.717) is 0 Å². The first-order valence-corrected chi connectivity index (χ1v) is 6.83. The third-order valence-corrected chi connectivity index (χ3v) is 2.60. The maximum Gasteiger partial charge on any atom is 3.00 e. The van der Waals surface area contributed by atoms with Crippen molar-refractivity contribution in [1.82, 2.24) is 15.0 Å². The van der Waals surface area contributed by atoms with E-state index in [1.807, 2.05) is 54.6 Å². The third-order valence-electron chi connectivity index (χ3n) is 2.60. The van der Waals surface area contributed by atoms with E-state index >= 15 is 0 Å². The largest absolute Gasteiger partial charge is 3.00 e. The van der Waals surface area contributed by atoms with Crippen LogP contribution in [0.3, 0.4) is 0 Å². The monoisotopic (exact) mass is 515 g/mol. The van der Waals surface area contributed by atoms with Crippen molar-refractivity contribution in [2.45, 2.75) is 0 Å². The number of nitrogens with zero attached hydrogens (tertiary/aromatic N) is 5. The van der Waals surface area contributed by atoms with Gasteiger partial charge in [-0.05, 0) is 36.4 Å². The van der Waals surface area contributed by atoms with Crippen molar-refractivity contribution in [2.24, 2.45) is 0 Å². The summed E-state index contributed by atoms with van der Waals surface area (Å²) in [6.07, 6.45) is 3.54. The molecule has 0 aliphatic rings. The van der Waals surface area contributed by atoms with Gasteiger partial charge in [-0.3, -0.25) is 9.97 Å². The molecule has 30 heavy (non-hydrogen) atoms. The Kier molecular flexibility index (Phi) is 21.1. The zero-order valence-electron chi connectivity index (χ0n) is 15.0. The van der Waals surface area contributed by atoms with Gasteiger partial charge in [0.05, 0.1) is 32.9 Å². The van der Waals surface area contributed by atoms with Gasteiger partial charge >= 0.3 is 19.5 Å². The van der Waals surface area contributed by atoms with Crippen molar-refractivity contribution in [1.29, 1.82) is 0 Å². The fourth-order valence-electron chi connectivity index (χ4n) is 1.75. The molecule has 0 aliphatic carbocycles. The van der Waals surface area contributed by atoms with Crippen molar-refractivity contribution in [2.75, 3.05) is 0 Å². The number of rotatable bonds is 2. The van der Waals surface area contributed by atoms with Gasteiger partial charge in [0, 0.05) is 12.4 Å². The molecule has 0 bridgehead atoms. The molecule has 15 heteroatoms. The Labute approximate surface area is 181 Å². The van der Waals surface area contributed by atoms with E-state index in [-0.39, 0.29) is 35.9 Å². The van der Waals surface area contributed by atoms with Crippen LogP contribution < -0.4 is 0 Å². The van der Waals surface area contributed by atoms with E-state index in [9.17, 15) is 0 Å². The fraction of sp³-hybridized carbons (Fsp3) is 0. The Morgan fingerprint density at radius 2 is 0.900 bits per heavy atom. The van der Waals surface area contributed by atoms with E-state index < -0.39 is 10.2 Å². The SMILES string of the molecule is O=[N+]([O-])[O-].O=[N+]([O-])[O-].[OH-].[OH3+].[OH3+].[Rh+3].c1ccc(-c2cccc(-c3ccccn3)n2)nc1. The summed E-state index contributed by atoms with van der Waals surface area (Å²) in [5.74, 6) is 0. The van der Waals surface area contributed by atoms with Crippen LogP contribution in [0.4, 0.5) is 0 Å². The van der Waals surface area contributed by atoms with Crippen molar-refractivity contribution in [3.05, 3.63) is 97.6 Å². The van der Waals surface area contributed by atoms with E-state index in [1.165, 1.54) is 0 Å². The first kappa shape index (κ1) is 33.9. The van der Waals surface area contributed by atoms with Gasteiger partial charge in [0.25, 0.3) is 0 Å². The summed E-state index contributed by atoms with van der Waals surface area (Å²) in [5, 5.41) is 29.5. The van der Waals surface area contributed by atoms with Gasteiger partial charge in [0.2, 0.25) is 0 Å². The Balaban J connectivity index is -0.000000247. The maximum atomic E-state index is 8.25. The van der Waals surface area contributed by atoms with Crippen LogP contribution in [0.15, 0.2) is 67.0 Å². The zero-order valence-corrected chi connectivity index (χ0v) is 16.6. The summed E-state index contributed by atoms with van der Waals surface area (Å²) in [6, 6.07) is 17.5. The van der Waals surface area contributed by atoms with Crippen molar-refractivity contribution >= 4 is 0 Å². The van der Waals surface area contributed by atoms with Gasteiger partial charge in [-0.25, -0.2) is 4.98 Å². The Morgan fingerprint density at radius 1 is 0.600 bits per heavy atom. The van der Waals surface area contributed by atoms with E-state index in [4.69, 9.17) is 30.6 Å². The third kappa shape index (κ3) is 14.4. The van der Waals surface area contributed by atoms with Crippen LogP contribution in [-0.2, 0) is 30.4 Å². The minimum atomic E-state index is -1.75. The standard InChI is InChI=1S/C15H11N3.2NO3.3H2O.Rh/c1-3-10-16-12(6-1)14-8-5-9-15(18-14)13-7-2-4-11-17-13;2*2-1(3)4;;;;/h1-11H;;;3*1H2;/q;2*-1;;;;+3/p+1. The maximum absolute atomic E-state index is 8.25. The second kappa shape index (κ2) is 18.7. The topological polar surface area (TPSA) is 267 Å². The van der Waals surface area contributed by atoms with E-state index in [0.717, 1.165) is 22.8 Å². The van der Waals surface area contributed by atoms with Crippen LogP contribution >= 0.6 is 0 Å². The molecule has 0 spiro atoms.